The molecule has 1 aliphatic rings. The highest BCUT2D eigenvalue weighted by Gasteiger charge is 2.36. The van der Waals surface area contributed by atoms with Crippen LogP contribution in [-0.2, 0) is 0 Å². The Morgan fingerprint density at radius 3 is 2.71 bits per heavy atom. The number of carbonyl (C=O) groups is 1. The van der Waals surface area contributed by atoms with Crippen molar-refractivity contribution in [3.05, 3.63) is 39.7 Å². The maximum atomic E-state index is 13.9. The van der Waals surface area contributed by atoms with Crippen LogP contribution in [0.15, 0.2) is 18.2 Å². The van der Waals surface area contributed by atoms with Gasteiger partial charge in [-0.25, -0.2) is 4.39 Å². The number of carbonyl (C=O) groups excluding carboxylic acids is 1. The first kappa shape index (κ1) is 15.4. The lowest BCUT2D eigenvalue weighted by Crippen LogP contribution is -2.54. The minimum Gasteiger partial charge on any atom is -0.338 e. The molecule has 2 rings (SSSR count). The number of nitrogens with zero attached hydrogens (tertiary/aromatic N) is 2. The van der Waals surface area contributed by atoms with Crippen molar-refractivity contribution in [1.82, 2.24) is 4.90 Å². The second kappa shape index (κ2) is 5.40. The second-order valence-electron chi connectivity index (χ2n) is 6.03. The van der Waals surface area contributed by atoms with Gasteiger partial charge in [-0.3, -0.25) is 14.9 Å². The molecule has 1 saturated heterocycles. The van der Waals surface area contributed by atoms with E-state index < -0.39 is 16.6 Å². The van der Waals surface area contributed by atoms with E-state index in [0.29, 0.717) is 19.5 Å². The van der Waals surface area contributed by atoms with Crippen molar-refractivity contribution in [2.24, 2.45) is 11.1 Å². The van der Waals surface area contributed by atoms with E-state index in [4.69, 9.17) is 5.73 Å². The fraction of sp³-hybridized carbons (Fsp3) is 0.500. The topological polar surface area (TPSA) is 89.5 Å². The molecule has 0 radical (unpaired) electrons. The van der Waals surface area contributed by atoms with Crippen molar-refractivity contribution in [1.29, 1.82) is 0 Å². The molecule has 6 nitrogen and oxygen atoms in total. The molecule has 0 spiro atoms. The number of halogens is 1. The van der Waals surface area contributed by atoms with Gasteiger partial charge in [-0.1, -0.05) is 13.8 Å². The fourth-order valence-corrected chi connectivity index (χ4v) is 2.51. The Labute approximate surface area is 121 Å². The van der Waals surface area contributed by atoms with Gasteiger partial charge in [0.1, 0.15) is 5.82 Å². The lowest BCUT2D eigenvalue weighted by atomic mass is 9.79. The molecule has 2 N–H and O–H groups in total. The van der Waals surface area contributed by atoms with Gasteiger partial charge in [-0.2, -0.15) is 0 Å². The van der Waals surface area contributed by atoms with Crippen LogP contribution in [0.2, 0.25) is 0 Å². The van der Waals surface area contributed by atoms with Crippen molar-refractivity contribution in [3.8, 4) is 0 Å². The lowest BCUT2D eigenvalue weighted by molar-refractivity contribution is -0.385. The number of likely N-dealkylation sites (tertiary alicyclic amines) is 1. The van der Waals surface area contributed by atoms with E-state index in [9.17, 15) is 19.3 Å². The minimum absolute atomic E-state index is 0.0109. The molecule has 1 heterocycles. The van der Waals surface area contributed by atoms with E-state index in [1.165, 1.54) is 0 Å². The molecule has 0 bridgehead atoms. The summed E-state index contributed by atoms with van der Waals surface area (Å²) in [7, 11) is 0. The summed E-state index contributed by atoms with van der Waals surface area (Å²) >= 11 is 0. The van der Waals surface area contributed by atoms with E-state index in [1.54, 1.807) is 4.90 Å². The Morgan fingerprint density at radius 1 is 1.52 bits per heavy atom. The first-order valence-corrected chi connectivity index (χ1v) is 6.71. The molecular formula is C14H18FN3O3. The predicted octanol–water partition coefficient (Wildman–Crippen LogP) is 1.93. The summed E-state index contributed by atoms with van der Waals surface area (Å²) in [4.78, 5) is 23.8. The van der Waals surface area contributed by atoms with Gasteiger partial charge in [0, 0.05) is 25.2 Å². The van der Waals surface area contributed by atoms with Crippen molar-refractivity contribution < 1.29 is 14.1 Å². The number of hydrogen-bond acceptors (Lipinski definition) is 4. The van der Waals surface area contributed by atoms with E-state index in [0.717, 1.165) is 18.2 Å². The summed E-state index contributed by atoms with van der Waals surface area (Å²) in [6.45, 7) is 4.82. The highest BCUT2D eigenvalue weighted by atomic mass is 19.1. The molecule has 1 aliphatic heterocycles. The van der Waals surface area contributed by atoms with Crippen LogP contribution < -0.4 is 5.73 Å². The van der Waals surface area contributed by atoms with Gasteiger partial charge in [0.25, 0.3) is 11.6 Å². The number of non-ortho nitro benzene ring substituents is 1. The maximum Gasteiger partial charge on any atom is 0.272 e. The molecule has 7 heteroatoms. The molecule has 0 saturated carbocycles. The van der Waals surface area contributed by atoms with Crippen LogP contribution in [0.1, 0.15) is 30.6 Å². The molecule has 21 heavy (non-hydrogen) atoms. The first-order valence-electron chi connectivity index (χ1n) is 6.71. The van der Waals surface area contributed by atoms with Crippen molar-refractivity contribution in [3.63, 3.8) is 0 Å². The Hall–Kier alpha value is -2.02. The molecule has 0 aliphatic carbocycles. The first-order chi connectivity index (χ1) is 9.72. The quantitative estimate of drug-likeness (QED) is 0.667. The Balaban J connectivity index is 2.23. The van der Waals surface area contributed by atoms with Crippen LogP contribution in [0, 0.1) is 21.3 Å². The third-order valence-electron chi connectivity index (χ3n) is 3.99. The lowest BCUT2D eigenvalue weighted by Gasteiger charge is -2.42. The van der Waals surface area contributed by atoms with Gasteiger partial charge in [0.15, 0.2) is 0 Å². The molecule has 1 aromatic carbocycles. The molecule has 1 unspecified atom stereocenters. The second-order valence-corrected chi connectivity index (χ2v) is 6.03. The van der Waals surface area contributed by atoms with Crippen LogP contribution in [-0.4, -0.2) is 34.9 Å². The molecule has 1 amide bonds. The smallest absolute Gasteiger partial charge is 0.272 e. The number of nitrogens with two attached hydrogens (primary N) is 1. The van der Waals surface area contributed by atoms with Gasteiger partial charge < -0.3 is 10.6 Å². The SMILES string of the molecule is CC1(C)CN(C(=O)c2ccc([N+](=O)[O-])cc2F)CCC1N. The summed E-state index contributed by atoms with van der Waals surface area (Å²) in [6.07, 6.45) is 0.646. The Bertz CT molecular complexity index is 589. The van der Waals surface area contributed by atoms with Crippen LogP contribution in [0.25, 0.3) is 0 Å². The van der Waals surface area contributed by atoms with Crippen molar-refractivity contribution >= 4 is 11.6 Å². The molecular weight excluding hydrogens is 277 g/mol. The fourth-order valence-electron chi connectivity index (χ4n) is 2.51. The van der Waals surface area contributed by atoms with E-state index in [-0.39, 0.29) is 22.7 Å². The molecule has 0 aromatic heterocycles. The van der Waals surface area contributed by atoms with E-state index in [2.05, 4.69) is 0 Å². The summed E-state index contributed by atoms with van der Waals surface area (Å²) in [5, 5.41) is 10.6. The number of hydrogen-bond donors (Lipinski definition) is 1. The number of piperidine rings is 1. The summed E-state index contributed by atoms with van der Waals surface area (Å²) in [5.74, 6) is -1.33. The van der Waals surface area contributed by atoms with Gasteiger partial charge in [-0.15, -0.1) is 0 Å². The number of benzene rings is 1. The summed E-state index contributed by atoms with van der Waals surface area (Å²) in [6, 6.07) is 3.06. The number of nitro groups is 1. The van der Waals surface area contributed by atoms with Crippen LogP contribution >= 0.6 is 0 Å². The highest BCUT2D eigenvalue weighted by molar-refractivity contribution is 5.94. The highest BCUT2D eigenvalue weighted by Crippen LogP contribution is 2.29. The van der Waals surface area contributed by atoms with Gasteiger partial charge in [0.05, 0.1) is 16.6 Å². The standard InChI is InChI=1S/C14H18FN3O3/c1-14(2)8-17(6-5-12(14)16)13(19)10-4-3-9(18(20)21)7-11(10)15/h3-4,7,12H,5-6,8,16H2,1-2H3. The van der Waals surface area contributed by atoms with Crippen LogP contribution in [0.4, 0.5) is 10.1 Å². The van der Waals surface area contributed by atoms with E-state index >= 15 is 0 Å². The van der Waals surface area contributed by atoms with Crippen molar-refractivity contribution in [2.45, 2.75) is 26.3 Å². The molecule has 1 aromatic rings. The maximum absolute atomic E-state index is 13.9. The van der Waals surface area contributed by atoms with E-state index in [1.807, 2.05) is 13.8 Å². The number of nitro benzene ring substituents is 1. The Kier molecular flexibility index (Phi) is 3.95. The predicted molar refractivity (Wildman–Crippen MR) is 75.3 cm³/mol. The zero-order valence-electron chi connectivity index (χ0n) is 12.0. The van der Waals surface area contributed by atoms with Gasteiger partial charge >= 0.3 is 0 Å². The zero-order chi connectivity index (χ0) is 15.8. The number of amides is 1. The third kappa shape index (κ3) is 3.02. The number of rotatable bonds is 2. The van der Waals surface area contributed by atoms with Gasteiger partial charge in [-0.05, 0) is 17.9 Å². The Morgan fingerprint density at radius 2 is 2.19 bits per heavy atom. The van der Waals surface area contributed by atoms with Crippen LogP contribution in [0.3, 0.4) is 0 Å². The molecule has 1 atom stereocenters. The normalized spacial score (nSPS) is 21.1. The minimum atomic E-state index is -0.873. The third-order valence-corrected chi connectivity index (χ3v) is 3.99. The zero-order valence-corrected chi connectivity index (χ0v) is 12.0. The average Bonchev–Trinajstić information content (AvgIpc) is 2.40. The largest absolute Gasteiger partial charge is 0.338 e. The monoisotopic (exact) mass is 295 g/mol. The summed E-state index contributed by atoms with van der Waals surface area (Å²) < 4.78 is 13.9. The molecule has 1 fully saturated rings. The van der Waals surface area contributed by atoms with Gasteiger partial charge in [0.2, 0.25) is 0 Å². The average molecular weight is 295 g/mol. The molecule has 114 valence electrons. The van der Waals surface area contributed by atoms with Crippen molar-refractivity contribution in [2.75, 3.05) is 13.1 Å². The van der Waals surface area contributed by atoms with Crippen LogP contribution in [0.5, 0.6) is 0 Å². The summed E-state index contributed by atoms with van der Waals surface area (Å²) in [5.41, 5.74) is 5.25.